The van der Waals surface area contributed by atoms with Crippen molar-refractivity contribution in [3.05, 3.63) is 95.6 Å². The van der Waals surface area contributed by atoms with E-state index in [1.54, 1.807) is 55.5 Å². The summed E-state index contributed by atoms with van der Waals surface area (Å²) in [5, 5.41) is 2.71. The highest BCUT2D eigenvalue weighted by Crippen LogP contribution is 2.17. The average Bonchev–Trinajstić information content (AvgIpc) is 2.74. The highest BCUT2D eigenvalue weighted by Gasteiger charge is 2.16. The standard InChI is InChI=1S/C23H20N2O4/c1-15(23(28)25-19-11-7-18(8-12-19)22(24)27)29-20-13-9-17(10-14-20)21(26)16-5-3-2-4-6-16/h2-15H,1H3,(H2,24,27)(H,25,28)/t15-/m1/s1. The third-order valence-corrected chi connectivity index (χ3v) is 4.27. The fourth-order valence-electron chi connectivity index (χ4n) is 2.66. The molecule has 0 aliphatic rings. The van der Waals surface area contributed by atoms with Gasteiger partial charge >= 0.3 is 0 Å². The monoisotopic (exact) mass is 388 g/mol. The molecule has 0 radical (unpaired) electrons. The summed E-state index contributed by atoms with van der Waals surface area (Å²) in [5.74, 6) is -0.487. The Morgan fingerprint density at radius 3 is 1.93 bits per heavy atom. The van der Waals surface area contributed by atoms with E-state index in [1.807, 2.05) is 18.2 Å². The van der Waals surface area contributed by atoms with Gasteiger partial charge in [-0.2, -0.15) is 0 Å². The third-order valence-electron chi connectivity index (χ3n) is 4.27. The Bertz CT molecular complexity index is 1010. The van der Waals surface area contributed by atoms with E-state index >= 15 is 0 Å². The maximum atomic E-state index is 12.4. The number of hydrogen-bond donors (Lipinski definition) is 2. The number of hydrogen-bond acceptors (Lipinski definition) is 4. The number of amides is 2. The van der Waals surface area contributed by atoms with Crippen LogP contribution in [0.4, 0.5) is 5.69 Å². The molecule has 0 heterocycles. The van der Waals surface area contributed by atoms with Crippen LogP contribution < -0.4 is 15.8 Å². The van der Waals surface area contributed by atoms with Gasteiger partial charge in [0.25, 0.3) is 5.91 Å². The molecule has 3 N–H and O–H groups in total. The molecule has 3 aromatic carbocycles. The van der Waals surface area contributed by atoms with Crippen molar-refractivity contribution in [1.29, 1.82) is 0 Å². The molecule has 6 nitrogen and oxygen atoms in total. The van der Waals surface area contributed by atoms with Gasteiger partial charge in [0, 0.05) is 22.4 Å². The Hall–Kier alpha value is -3.93. The molecular formula is C23H20N2O4. The molecule has 0 bridgehead atoms. The lowest BCUT2D eigenvalue weighted by atomic mass is 10.0. The van der Waals surface area contributed by atoms with Crippen molar-refractivity contribution in [2.45, 2.75) is 13.0 Å². The summed E-state index contributed by atoms with van der Waals surface area (Å²) in [5.41, 5.74) is 7.22. The van der Waals surface area contributed by atoms with E-state index in [0.717, 1.165) is 0 Å². The quantitative estimate of drug-likeness (QED) is 0.606. The minimum atomic E-state index is -0.763. The summed E-state index contributed by atoms with van der Waals surface area (Å²) in [4.78, 5) is 35.8. The third kappa shape index (κ3) is 5.07. The lowest BCUT2D eigenvalue weighted by Gasteiger charge is -2.15. The van der Waals surface area contributed by atoms with Crippen LogP contribution in [0.1, 0.15) is 33.2 Å². The molecule has 0 aliphatic carbocycles. The summed E-state index contributed by atoms with van der Waals surface area (Å²) in [6, 6.07) is 21.9. The molecule has 0 aromatic heterocycles. The Morgan fingerprint density at radius 2 is 1.34 bits per heavy atom. The second kappa shape index (κ2) is 8.84. The van der Waals surface area contributed by atoms with Crippen molar-refractivity contribution in [3.8, 4) is 5.75 Å². The van der Waals surface area contributed by atoms with Crippen LogP contribution >= 0.6 is 0 Å². The van der Waals surface area contributed by atoms with Gasteiger partial charge in [0.05, 0.1) is 0 Å². The van der Waals surface area contributed by atoms with Crippen molar-refractivity contribution in [3.63, 3.8) is 0 Å². The van der Waals surface area contributed by atoms with Crippen molar-refractivity contribution in [1.82, 2.24) is 0 Å². The number of nitrogens with two attached hydrogens (primary N) is 1. The number of ketones is 1. The molecule has 146 valence electrons. The van der Waals surface area contributed by atoms with Crippen LogP contribution in [0.25, 0.3) is 0 Å². The number of nitrogens with one attached hydrogen (secondary N) is 1. The smallest absolute Gasteiger partial charge is 0.265 e. The van der Waals surface area contributed by atoms with Crippen LogP contribution in [0.2, 0.25) is 0 Å². The van der Waals surface area contributed by atoms with E-state index < -0.39 is 12.0 Å². The van der Waals surface area contributed by atoms with Crippen molar-refractivity contribution >= 4 is 23.3 Å². The number of carbonyl (C=O) groups is 3. The lowest BCUT2D eigenvalue weighted by Crippen LogP contribution is -2.30. The second-order valence-electron chi connectivity index (χ2n) is 6.41. The number of anilines is 1. The number of rotatable bonds is 7. The zero-order valence-corrected chi connectivity index (χ0v) is 15.8. The summed E-state index contributed by atoms with van der Waals surface area (Å²) in [6.07, 6.45) is -0.763. The maximum Gasteiger partial charge on any atom is 0.265 e. The minimum absolute atomic E-state index is 0.0812. The number of primary amides is 1. The summed E-state index contributed by atoms with van der Waals surface area (Å²) < 4.78 is 5.65. The first-order valence-electron chi connectivity index (χ1n) is 9.01. The van der Waals surface area contributed by atoms with Crippen LogP contribution in [-0.4, -0.2) is 23.7 Å². The van der Waals surface area contributed by atoms with Gasteiger partial charge in [-0.05, 0) is 55.5 Å². The van der Waals surface area contributed by atoms with Crippen LogP contribution in [0.3, 0.4) is 0 Å². The molecular weight excluding hydrogens is 368 g/mol. The predicted octanol–water partition coefficient (Wildman–Crippen LogP) is 3.42. The minimum Gasteiger partial charge on any atom is -0.481 e. The van der Waals surface area contributed by atoms with Crippen LogP contribution in [-0.2, 0) is 4.79 Å². The number of ether oxygens (including phenoxy) is 1. The fraction of sp³-hybridized carbons (Fsp3) is 0.0870. The summed E-state index contributed by atoms with van der Waals surface area (Å²) >= 11 is 0. The molecule has 29 heavy (non-hydrogen) atoms. The molecule has 0 fully saturated rings. The van der Waals surface area contributed by atoms with E-state index in [-0.39, 0.29) is 11.7 Å². The highest BCUT2D eigenvalue weighted by atomic mass is 16.5. The number of benzene rings is 3. The van der Waals surface area contributed by atoms with E-state index in [4.69, 9.17) is 10.5 Å². The number of carbonyl (C=O) groups excluding carboxylic acids is 3. The Balaban J connectivity index is 1.59. The largest absolute Gasteiger partial charge is 0.481 e. The molecule has 2 amide bonds. The van der Waals surface area contributed by atoms with Gasteiger partial charge < -0.3 is 15.8 Å². The summed E-state index contributed by atoms with van der Waals surface area (Å²) in [6.45, 7) is 1.62. The SMILES string of the molecule is C[C@@H](Oc1ccc(C(=O)c2ccccc2)cc1)C(=O)Nc1ccc(C(N)=O)cc1. The first-order chi connectivity index (χ1) is 13.9. The zero-order valence-electron chi connectivity index (χ0n) is 15.8. The van der Waals surface area contributed by atoms with E-state index in [1.165, 1.54) is 12.1 Å². The topological polar surface area (TPSA) is 98.5 Å². The van der Waals surface area contributed by atoms with E-state index in [2.05, 4.69) is 5.32 Å². The molecule has 6 heteroatoms. The first kappa shape index (κ1) is 19.8. The lowest BCUT2D eigenvalue weighted by molar-refractivity contribution is -0.122. The highest BCUT2D eigenvalue weighted by molar-refractivity contribution is 6.09. The van der Waals surface area contributed by atoms with Crippen molar-refractivity contribution < 1.29 is 19.1 Å². The Kier molecular flexibility index (Phi) is 6.04. The molecule has 3 rings (SSSR count). The molecule has 0 spiro atoms. The van der Waals surface area contributed by atoms with Gasteiger partial charge in [-0.1, -0.05) is 30.3 Å². The zero-order chi connectivity index (χ0) is 20.8. The van der Waals surface area contributed by atoms with Gasteiger partial charge in [-0.15, -0.1) is 0 Å². The van der Waals surface area contributed by atoms with E-state index in [9.17, 15) is 14.4 Å². The van der Waals surface area contributed by atoms with Gasteiger partial charge in [0.15, 0.2) is 11.9 Å². The first-order valence-corrected chi connectivity index (χ1v) is 9.01. The van der Waals surface area contributed by atoms with Crippen molar-refractivity contribution in [2.75, 3.05) is 5.32 Å². The molecule has 0 saturated heterocycles. The fourth-order valence-corrected chi connectivity index (χ4v) is 2.66. The Morgan fingerprint density at radius 1 is 0.793 bits per heavy atom. The molecule has 3 aromatic rings. The van der Waals surface area contributed by atoms with Crippen molar-refractivity contribution in [2.24, 2.45) is 5.73 Å². The van der Waals surface area contributed by atoms with Crippen LogP contribution in [0.5, 0.6) is 5.75 Å². The normalized spacial score (nSPS) is 11.3. The van der Waals surface area contributed by atoms with Crippen LogP contribution in [0, 0.1) is 0 Å². The van der Waals surface area contributed by atoms with E-state index in [0.29, 0.717) is 28.1 Å². The average molecular weight is 388 g/mol. The van der Waals surface area contributed by atoms with Gasteiger partial charge in [-0.25, -0.2) is 0 Å². The van der Waals surface area contributed by atoms with Gasteiger partial charge in [0.2, 0.25) is 5.91 Å². The predicted molar refractivity (Wildman–Crippen MR) is 110 cm³/mol. The summed E-state index contributed by atoms with van der Waals surface area (Å²) in [7, 11) is 0. The van der Waals surface area contributed by atoms with Gasteiger partial charge in [0.1, 0.15) is 5.75 Å². The molecule has 0 unspecified atom stereocenters. The van der Waals surface area contributed by atoms with Gasteiger partial charge in [-0.3, -0.25) is 14.4 Å². The molecule has 1 atom stereocenters. The Labute approximate surface area is 168 Å². The van der Waals surface area contributed by atoms with Crippen LogP contribution in [0.15, 0.2) is 78.9 Å². The molecule has 0 aliphatic heterocycles. The molecule has 0 saturated carbocycles. The second-order valence-corrected chi connectivity index (χ2v) is 6.41. The maximum absolute atomic E-state index is 12.4.